The molecule has 0 saturated heterocycles. The number of carbonyl (C=O) groups excluding carboxylic acids is 2. The van der Waals surface area contributed by atoms with E-state index in [9.17, 15) is 9.59 Å². The molecule has 0 unspecified atom stereocenters. The van der Waals surface area contributed by atoms with Crippen LogP contribution in [0.4, 0.5) is 0 Å². The summed E-state index contributed by atoms with van der Waals surface area (Å²) in [5.41, 5.74) is 3.27. The Labute approximate surface area is 174 Å². The second-order valence-electron chi connectivity index (χ2n) is 7.38. The molecule has 2 aromatic rings. The molecule has 1 aliphatic heterocycles. The predicted octanol–water partition coefficient (Wildman–Crippen LogP) is 4.36. The van der Waals surface area contributed by atoms with E-state index in [1.165, 1.54) is 0 Å². The number of amides is 1. The Kier molecular flexibility index (Phi) is 5.33. The SMILES string of the molecule is COc1ccc(OC)c([C@H]2CC(=O)C3=C(C2)NC(=O)C[C@H]3c2ccc(Cl)cc2)c1. The summed E-state index contributed by atoms with van der Waals surface area (Å²) >= 11 is 6.01. The molecule has 1 amide bonds. The van der Waals surface area contributed by atoms with E-state index in [2.05, 4.69) is 5.32 Å². The van der Waals surface area contributed by atoms with Gasteiger partial charge in [-0.05, 0) is 42.3 Å². The summed E-state index contributed by atoms with van der Waals surface area (Å²) in [5.74, 6) is 1.08. The molecule has 4 rings (SSSR count). The summed E-state index contributed by atoms with van der Waals surface area (Å²) in [4.78, 5) is 25.6. The summed E-state index contributed by atoms with van der Waals surface area (Å²) in [6.07, 6.45) is 1.20. The lowest BCUT2D eigenvalue weighted by Crippen LogP contribution is -2.38. The molecule has 29 heavy (non-hydrogen) atoms. The molecule has 2 atom stereocenters. The maximum atomic E-state index is 13.2. The number of methoxy groups -OCH3 is 2. The number of ether oxygens (including phenoxy) is 2. The molecule has 0 fully saturated rings. The maximum Gasteiger partial charge on any atom is 0.225 e. The monoisotopic (exact) mass is 411 g/mol. The Bertz CT molecular complexity index is 996. The highest BCUT2D eigenvalue weighted by Gasteiger charge is 2.38. The van der Waals surface area contributed by atoms with E-state index < -0.39 is 0 Å². The topological polar surface area (TPSA) is 64.6 Å². The van der Waals surface area contributed by atoms with Crippen molar-refractivity contribution in [1.82, 2.24) is 5.32 Å². The zero-order valence-electron chi connectivity index (χ0n) is 16.3. The quantitative estimate of drug-likeness (QED) is 0.811. The Morgan fingerprint density at radius 3 is 2.41 bits per heavy atom. The fourth-order valence-corrected chi connectivity index (χ4v) is 4.44. The van der Waals surface area contributed by atoms with Crippen molar-refractivity contribution < 1.29 is 19.1 Å². The van der Waals surface area contributed by atoms with Gasteiger partial charge in [0.25, 0.3) is 0 Å². The molecule has 6 heteroatoms. The second kappa shape index (κ2) is 7.91. The lowest BCUT2D eigenvalue weighted by molar-refractivity contribution is -0.122. The number of benzene rings is 2. The van der Waals surface area contributed by atoms with E-state index in [4.69, 9.17) is 21.1 Å². The molecule has 5 nitrogen and oxygen atoms in total. The van der Waals surface area contributed by atoms with Gasteiger partial charge in [-0.2, -0.15) is 0 Å². The van der Waals surface area contributed by atoms with Gasteiger partial charge in [0, 0.05) is 46.5 Å². The van der Waals surface area contributed by atoms with Crippen molar-refractivity contribution in [3.05, 3.63) is 69.9 Å². The number of carbonyl (C=O) groups is 2. The first-order chi connectivity index (χ1) is 14.0. The van der Waals surface area contributed by atoms with Crippen LogP contribution in [0, 0.1) is 0 Å². The first kappa shape index (κ1) is 19.5. The number of allylic oxidation sites excluding steroid dienone is 2. The highest BCUT2D eigenvalue weighted by molar-refractivity contribution is 6.30. The Morgan fingerprint density at radius 2 is 1.72 bits per heavy atom. The fourth-order valence-electron chi connectivity index (χ4n) is 4.32. The van der Waals surface area contributed by atoms with Crippen LogP contribution in [0.5, 0.6) is 11.5 Å². The van der Waals surface area contributed by atoms with Crippen molar-refractivity contribution in [2.75, 3.05) is 14.2 Å². The maximum absolute atomic E-state index is 13.2. The zero-order chi connectivity index (χ0) is 20.5. The van der Waals surface area contributed by atoms with E-state index in [0.29, 0.717) is 40.6 Å². The first-order valence-electron chi connectivity index (χ1n) is 9.53. The summed E-state index contributed by atoms with van der Waals surface area (Å²) in [6, 6.07) is 12.9. The number of hydrogen-bond donors (Lipinski definition) is 1. The minimum absolute atomic E-state index is 0.0565. The molecule has 150 valence electrons. The standard InChI is InChI=1S/C23H22ClNO4/c1-28-16-7-8-21(29-2)17(11-16)14-9-19-23(20(26)10-14)18(12-22(27)25-19)13-3-5-15(24)6-4-13/h3-8,11,14,18H,9-10,12H2,1-2H3,(H,25,27)/t14-,18+/m1/s1. The van der Waals surface area contributed by atoms with Gasteiger partial charge < -0.3 is 14.8 Å². The van der Waals surface area contributed by atoms with Crippen molar-refractivity contribution in [3.8, 4) is 11.5 Å². The molecule has 0 aromatic heterocycles. The molecule has 0 radical (unpaired) electrons. The number of hydrogen-bond acceptors (Lipinski definition) is 4. The van der Waals surface area contributed by atoms with Crippen LogP contribution in [0.3, 0.4) is 0 Å². The van der Waals surface area contributed by atoms with Gasteiger partial charge in [0.2, 0.25) is 5.91 Å². The Hall–Kier alpha value is -2.79. The first-order valence-corrected chi connectivity index (χ1v) is 9.91. The van der Waals surface area contributed by atoms with Crippen LogP contribution in [0.1, 0.15) is 42.2 Å². The Balaban J connectivity index is 1.72. The molecule has 1 heterocycles. The van der Waals surface area contributed by atoms with Crippen molar-refractivity contribution >= 4 is 23.3 Å². The van der Waals surface area contributed by atoms with E-state index >= 15 is 0 Å². The van der Waals surface area contributed by atoms with Crippen LogP contribution >= 0.6 is 11.6 Å². The lowest BCUT2D eigenvalue weighted by Gasteiger charge is -2.35. The van der Waals surface area contributed by atoms with Crippen LogP contribution in [-0.4, -0.2) is 25.9 Å². The number of nitrogens with one attached hydrogen (secondary N) is 1. The van der Waals surface area contributed by atoms with Gasteiger partial charge in [0.15, 0.2) is 5.78 Å². The molecular weight excluding hydrogens is 390 g/mol. The van der Waals surface area contributed by atoms with Gasteiger partial charge in [0.05, 0.1) is 14.2 Å². The fraction of sp³-hybridized carbons (Fsp3) is 0.304. The average Bonchev–Trinajstić information content (AvgIpc) is 2.72. The van der Waals surface area contributed by atoms with Crippen molar-refractivity contribution in [3.63, 3.8) is 0 Å². The number of rotatable bonds is 4. The van der Waals surface area contributed by atoms with Crippen LogP contribution in [-0.2, 0) is 9.59 Å². The van der Waals surface area contributed by atoms with Crippen molar-refractivity contribution in [2.24, 2.45) is 0 Å². The van der Waals surface area contributed by atoms with Crippen LogP contribution in [0.2, 0.25) is 5.02 Å². The van der Waals surface area contributed by atoms with Gasteiger partial charge in [-0.15, -0.1) is 0 Å². The van der Waals surface area contributed by atoms with Crippen molar-refractivity contribution in [1.29, 1.82) is 0 Å². The molecule has 0 spiro atoms. The van der Waals surface area contributed by atoms with Crippen LogP contribution < -0.4 is 14.8 Å². The number of Topliss-reactive ketones (excluding diaryl/α,β-unsaturated/α-hetero) is 1. The molecule has 1 N–H and O–H groups in total. The van der Waals surface area contributed by atoms with Gasteiger partial charge in [0.1, 0.15) is 11.5 Å². The molecule has 0 bridgehead atoms. The minimum Gasteiger partial charge on any atom is -0.497 e. The third-order valence-electron chi connectivity index (χ3n) is 5.69. The van der Waals surface area contributed by atoms with Crippen LogP contribution in [0.25, 0.3) is 0 Å². The minimum atomic E-state index is -0.239. The number of halogens is 1. The summed E-state index contributed by atoms with van der Waals surface area (Å²) in [7, 11) is 3.22. The molecule has 2 aromatic carbocycles. The zero-order valence-corrected chi connectivity index (χ0v) is 17.1. The highest BCUT2D eigenvalue weighted by atomic mass is 35.5. The van der Waals surface area contributed by atoms with Gasteiger partial charge in [-0.25, -0.2) is 0 Å². The lowest BCUT2D eigenvalue weighted by atomic mass is 9.73. The smallest absolute Gasteiger partial charge is 0.225 e. The molecule has 2 aliphatic rings. The highest BCUT2D eigenvalue weighted by Crippen LogP contribution is 2.45. The normalized spacial score (nSPS) is 21.5. The third kappa shape index (κ3) is 3.75. The summed E-state index contributed by atoms with van der Waals surface area (Å²) in [5, 5.41) is 3.58. The summed E-state index contributed by atoms with van der Waals surface area (Å²) in [6.45, 7) is 0. The summed E-state index contributed by atoms with van der Waals surface area (Å²) < 4.78 is 10.9. The predicted molar refractivity (Wildman–Crippen MR) is 111 cm³/mol. The number of ketones is 1. The largest absolute Gasteiger partial charge is 0.497 e. The molecule has 0 saturated carbocycles. The second-order valence-corrected chi connectivity index (χ2v) is 7.82. The van der Waals surface area contributed by atoms with E-state index in [-0.39, 0.29) is 29.9 Å². The Morgan fingerprint density at radius 1 is 0.966 bits per heavy atom. The van der Waals surface area contributed by atoms with E-state index in [1.807, 2.05) is 30.3 Å². The van der Waals surface area contributed by atoms with Gasteiger partial charge in [-0.3, -0.25) is 9.59 Å². The van der Waals surface area contributed by atoms with Crippen LogP contribution in [0.15, 0.2) is 53.7 Å². The average molecular weight is 412 g/mol. The van der Waals surface area contributed by atoms with E-state index in [0.717, 1.165) is 11.1 Å². The third-order valence-corrected chi connectivity index (χ3v) is 5.94. The van der Waals surface area contributed by atoms with Gasteiger partial charge in [-0.1, -0.05) is 23.7 Å². The molecular formula is C23H22ClNO4. The van der Waals surface area contributed by atoms with E-state index in [1.54, 1.807) is 26.4 Å². The van der Waals surface area contributed by atoms with Gasteiger partial charge >= 0.3 is 0 Å². The van der Waals surface area contributed by atoms with Crippen molar-refractivity contribution in [2.45, 2.75) is 31.1 Å². The molecule has 1 aliphatic carbocycles.